The molecular formula is C12H22N6. The Morgan fingerprint density at radius 1 is 1.22 bits per heavy atom. The van der Waals surface area contributed by atoms with E-state index in [1.165, 1.54) is 32.4 Å². The summed E-state index contributed by atoms with van der Waals surface area (Å²) in [5, 5.41) is 3.29. The zero-order valence-corrected chi connectivity index (χ0v) is 11.2. The fourth-order valence-corrected chi connectivity index (χ4v) is 2.36. The Bertz CT molecular complexity index is 368. The monoisotopic (exact) mass is 250 g/mol. The lowest BCUT2D eigenvalue weighted by molar-refractivity contribution is 0.223. The number of rotatable bonds is 4. The number of aromatic nitrogens is 3. The third-order valence-corrected chi connectivity index (χ3v) is 3.12. The molecule has 100 valence electrons. The molecule has 1 unspecified atom stereocenters. The summed E-state index contributed by atoms with van der Waals surface area (Å²) in [6.07, 6.45) is 3.98. The van der Waals surface area contributed by atoms with Crippen molar-refractivity contribution in [3.63, 3.8) is 0 Å². The molecule has 0 saturated carbocycles. The summed E-state index contributed by atoms with van der Waals surface area (Å²) in [5.41, 5.74) is 5.61. The van der Waals surface area contributed by atoms with Crippen LogP contribution in [-0.2, 0) is 0 Å². The van der Waals surface area contributed by atoms with Crippen LogP contribution in [0, 0.1) is 6.92 Å². The average Bonchev–Trinajstić information content (AvgIpc) is 2.28. The van der Waals surface area contributed by atoms with Gasteiger partial charge in [0.25, 0.3) is 0 Å². The molecule has 1 aliphatic rings. The molecule has 1 fully saturated rings. The quantitative estimate of drug-likeness (QED) is 0.831. The van der Waals surface area contributed by atoms with Crippen LogP contribution in [0.1, 0.15) is 32.0 Å². The van der Waals surface area contributed by atoms with Gasteiger partial charge in [0.2, 0.25) is 11.9 Å². The number of anilines is 2. The lowest BCUT2D eigenvalue weighted by Crippen LogP contribution is -2.38. The highest BCUT2D eigenvalue weighted by Crippen LogP contribution is 2.10. The van der Waals surface area contributed by atoms with Gasteiger partial charge in [0.05, 0.1) is 0 Å². The second-order valence-electron chi connectivity index (χ2n) is 4.97. The Morgan fingerprint density at radius 2 is 1.94 bits per heavy atom. The van der Waals surface area contributed by atoms with Crippen LogP contribution in [0.3, 0.4) is 0 Å². The van der Waals surface area contributed by atoms with Crippen molar-refractivity contribution in [2.24, 2.45) is 0 Å². The minimum Gasteiger partial charge on any atom is -0.368 e. The first kappa shape index (κ1) is 13.0. The fraction of sp³-hybridized carbons (Fsp3) is 0.750. The molecule has 0 amide bonds. The van der Waals surface area contributed by atoms with E-state index in [0.29, 0.717) is 17.8 Å². The zero-order chi connectivity index (χ0) is 13.0. The van der Waals surface area contributed by atoms with E-state index in [-0.39, 0.29) is 5.95 Å². The molecule has 1 aliphatic heterocycles. The van der Waals surface area contributed by atoms with E-state index >= 15 is 0 Å². The molecule has 0 radical (unpaired) electrons. The molecule has 0 aliphatic carbocycles. The molecule has 2 rings (SSSR count). The van der Waals surface area contributed by atoms with Crippen molar-refractivity contribution in [3.05, 3.63) is 5.82 Å². The van der Waals surface area contributed by atoms with E-state index in [2.05, 4.69) is 32.1 Å². The lowest BCUT2D eigenvalue weighted by atomic mass is 10.1. The maximum absolute atomic E-state index is 5.61. The highest BCUT2D eigenvalue weighted by molar-refractivity contribution is 5.31. The highest BCUT2D eigenvalue weighted by Gasteiger charge is 2.14. The summed E-state index contributed by atoms with van der Waals surface area (Å²) < 4.78 is 0. The maximum Gasteiger partial charge on any atom is 0.227 e. The number of nitrogens with zero attached hydrogens (tertiary/aromatic N) is 4. The van der Waals surface area contributed by atoms with Crippen LogP contribution < -0.4 is 11.1 Å². The lowest BCUT2D eigenvalue weighted by Gasteiger charge is -2.29. The summed E-state index contributed by atoms with van der Waals surface area (Å²) in [7, 11) is 0. The highest BCUT2D eigenvalue weighted by atomic mass is 15.2. The van der Waals surface area contributed by atoms with E-state index in [9.17, 15) is 0 Å². The number of nitrogen functional groups attached to an aromatic ring is 1. The Labute approximate surface area is 108 Å². The Morgan fingerprint density at radius 3 is 2.61 bits per heavy atom. The normalized spacial score (nSPS) is 18.6. The summed E-state index contributed by atoms with van der Waals surface area (Å²) in [6, 6.07) is 0.310. The molecule has 1 saturated heterocycles. The predicted octanol–water partition coefficient (Wildman–Crippen LogP) is 1.05. The second-order valence-corrected chi connectivity index (χ2v) is 4.97. The molecule has 1 atom stereocenters. The number of likely N-dealkylation sites (tertiary alicyclic amines) is 1. The van der Waals surface area contributed by atoms with Crippen molar-refractivity contribution in [1.29, 1.82) is 0 Å². The number of piperidine rings is 1. The van der Waals surface area contributed by atoms with Crippen molar-refractivity contribution in [2.45, 2.75) is 39.2 Å². The van der Waals surface area contributed by atoms with Gasteiger partial charge in [-0.3, -0.25) is 0 Å². The van der Waals surface area contributed by atoms with Gasteiger partial charge in [-0.05, 0) is 39.8 Å². The number of nitrogens with one attached hydrogen (secondary N) is 1. The van der Waals surface area contributed by atoms with E-state index in [1.54, 1.807) is 0 Å². The third-order valence-electron chi connectivity index (χ3n) is 3.12. The van der Waals surface area contributed by atoms with Crippen molar-refractivity contribution in [3.8, 4) is 0 Å². The summed E-state index contributed by atoms with van der Waals surface area (Å²) in [5.74, 6) is 1.50. The van der Waals surface area contributed by atoms with Crippen molar-refractivity contribution in [2.75, 3.05) is 30.7 Å². The van der Waals surface area contributed by atoms with Gasteiger partial charge in [-0.25, -0.2) is 0 Å². The molecule has 6 heteroatoms. The van der Waals surface area contributed by atoms with Crippen LogP contribution in [-0.4, -0.2) is 45.5 Å². The molecule has 1 aromatic heterocycles. The first-order chi connectivity index (χ1) is 8.63. The smallest absolute Gasteiger partial charge is 0.227 e. The average molecular weight is 250 g/mol. The number of aryl methyl sites for hydroxylation is 1. The predicted molar refractivity (Wildman–Crippen MR) is 72.4 cm³/mol. The molecule has 0 spiro atoms. The van der Waals surface area contributed by atoms with Gasteiger partial charge in [0.1, 0.15) is 5.82 Å². The fourth-order valence-electron chi connectivity index (χ4n) is 2.36. The van der Waals surface area contributed by atoms with Crippen LogP contribution in [0.15, 0.2) is 0 Å². The zero-order valence-electron chi connectivity index (χ0n) is 11.2. The first-order valence-electron chi connectivity index (χ1n) is 6.60. The molecule has 1 aromatic rings. The molecule has 0 bridgehead atoms. The summed E-state index contributed by atoms with van der Waals surface area (Å²) >= 11 is 0. The van der Waals surface area contributed by atoms with Gasteiger partial charge in [0.15, 0.2) is 0 Å². The number of nitrogens with two attached hydrogens (primary N) is 1. The van der Waals surface area contributed by atoms with Crippen LogP contribution in [0.2, 0.25) is 0 Å². The van der Waals surface area contributed by atoms with Gasteiger partial charge >= 0.3 is 0 Å². The van der Waals surface area contributed by atoms with E-state index in [1.807, 2.05) is 6.92 Å². The van der Waals surface area contributed by atoms with Gasteiger partial charge < -0.3 is 16.0 Å². The third kappa shape index (κ3) is 3.80. The minimum absolute atomic E-state index is 0.273. The summed E-state index contributed by atoms with van der Waals surface area (Å²) in [4.78, 5) is 14.8. The topological polar surface area (TPSA) is 80.0 Å². The van der Waals surface area contributed by atoms with E-state index in [0.717, 1.165) is 6.54 Å². The van der Waals surface area contributed by atoms with Crippen LogP contribution in [0.25, 0.3) is 0 Å². The first-order valence-corrected chi connectivity index (χ1v) is 6.60. The van der Waals surface area contributed by atoms with Crippen molar-refractivity contribution in [1.82, 2.24) is 19.9 Å². The number of hydrogen-bond acceptors (Lipinski definition) is 6. The maximum atomic E-state index is 5.61. The molecule has 6 nitrogen and oxygen atoms in total. The van der Waals surface area contributed by atoms with E-state index in [4.69, 9.17) is 5.73 Å². The molecule has 2 heterocycles. The molecule has 18 heavy (non-hydrogen) atoms. The Balaban J connectivity index is 1.87. The standard InChI is InChI=1S/C12H22N6/c1-9(8-18-6-4-3-5-7-18)14-12-16-10(2)15-11(13)17-12/h9H,3-8H2,1-2H3,(H3,13,14,15,16,17). The largest absolute Gasteiger partial charge is 0.368 e. The SMILES string of the molecule is Cc1nc(N)nc(NC(C)CN2CCCCC2)n1. The van der Waals surface area contributed by atoms with Crippen molar-refractivity contribution < 1.29 is 0 Å². The van der Waals surface area contributed by atoms with Crippen LogP contribution in [0.5, 0.6) is 0 Å². The minimum atomic E-state index is 0.273. The van der Waals surface area contributed by atoms with Crippen LogP contribution in [0.4, 0.5) is 11.9 Å². The Kier molecular flexibility index (Phi) is 4.30. The van der Waals surface area contributed by atoms with Gasteiger partial charge in [-0.2, -0.15) is 15.0 Å². The Hall–Kier alpha value is -1.43. The summed E-state index contributed by atoms with van der Waals surface area (Å²) in [6.45, 7) is 7.38. The van der Waals surface area contributed by atoms with Gasteiger partial charge in [-0.1, -0.05) is 6.42 Å². The van der Waals surface area contributed by atoms with Gasteiger partial charge in [-0.15, -0.1) is 0 Å². The van der Waals surface area contributed by atoms with Gasteiger partial charge in [0, 0.05) is 12.6 Å². The van der Waals surface area contributed by atoms with E-state index < -0.39 is 0 Å². The molecule has 3 N–H and O–H groups in total. The molecule has 0 aromatic carbocycles. The van der Waals surface area contributed by atoms with Crippen LogP contribution >= 0.6 is 0 Å². The van der Waals surface area contributed by atoms with Crippen molar-refractivity contribution >= 4 is 11.9 Å². The number of hydrogen-bond donors (Lipinski definition) is 2. The molecular weight excluding hydrogens is 228 g/mol. The second kappa shape index (κ2) is 5.95.